The number of hydrogen-bond acceptors (Lipinski definition) is 5. The predicted molar refractivity (Wildman–Crippen MR) is 83.8 cm³/mol. The zero-order chi connectivity index (χ0) is 17.2. The molecule has 0 bridgehead atoms. The van der Waals surface area contributed by atoms with Crippen LogP contribution in [0.2, 0.25) is 0 Å². The van der Waals surface area contributed by atoms with Gasteiger partial charge >= 0.3 is 0 Å². The third-order valence-electron chi connectivity index (χ3n) is 3.79. The van der Waals surface area contributed by atoms with Crippen LogP contribution in [0.4, 0.5) is 0 Å². The first-order valence-corrected chi connectivity index (χ1v) is 7.60. The van der Waals surface area contributed by atoms with Gasteiger partial charge in [-0.15, -0.1) is 0 Å². The molecule has 1 aromatic heterocycles. The number of amides is 1. The molecule has 0 saturated carbocycles. The summed E-state index contributed by atoms with van der Waals surface area (Å²) in [6.45, 7) is 6.12. The van der Waals surface area contributed by atoms with Crippen LogP contribution in [0, 0.1) is 5.41 Å². The van der Waals surface area contributed by atoms with E-state index < -0.39 is 23.1 Å². The highest BCUT2D eigenvalue weighted by molar-refractivity contribution is 6.10. The van der Waals surface area contributed by atoms with Crippen LogP contribution in [0.15, 0.2) is 34.1 Å². The lowest BCUT2D eigenvalue weighted by atomic mass is 9.83. The van der Waals surface area contributed by atoms with Gasteiger partial charge in [-0.2, -0.15) is 0 Å². The topological polar surface area (TPSA) is 80.0 Å². The molecular formula is C17H23NO5. The summed E-state index contributed by atoms with van der Waals surface area (Å²) in [6.07, 6.45) is 2.09. The summed E-state index contributed by atoms with van der Waals surface area (Å²) in [5, 5.41) is 10.3. The van der Waals surface area contributed by atoms with E-state index in [0.717, 1.165) is 0 Å². The third kappa shape index (κ3) is 3.32. The Morgan fingerprint density at radius 3 is 2.65 bits per heavy atom. The number of aliphatic hydroxyl groups is 1. The highest BCUT2D eigenvalue weighted by atomic mass is 16.5. The third-order valence-corrected chi connectivity index (χ3v) is 3.79. The van der Waals surface area contributed by atoms with Gasteiger partial charge in [-0.1, -0.05) is 20.8 Å². The van der Waals surface area contributed by atoms with E-state index in [9.17, 15) is 14.7 Å². The molecule has 1 atom stereocenters. The molecule has 126 valence electrons. The SMILES string of the molecule is COCCCN1C(=O)C(O)=C(C(=O)C(C)(C)C)C1c1ccco1. The van der Waals surface area contributed by atoms with Crippen molar-refractivity contribution in [3.05, 3.63) is 35.5 Å². The number of aliphatic hydroxyl groups excluding tert-OH is 1. The molecule has 6 heteroatoms. The Morgan fingerprint density at radius 1 is 1.43 bits per heavy atom. The second-order valence-electron chi connectivity index (χ2n) is 6.60. The molecule has 1 amide bonds. The van der Waals surface area contributed by atoms with Crippen molar-refractivity contribution in [2.75, 3.05) is 20.3 Å². The minimum absolute atomic E-state index is 0.106. The number of hydrogen-bond donors (Lipinski definition) is 1. The highest BCUT2D eigenvalue weighted by Crippen LogP contribution is 2.40. The fourth-order valence-corrected chi connectivity index (χ4v) is 2.64. The lowest BCUT2D eigenvalue weighted by Gasteiger charge is -2.27. The molecule has 0 saturated heterocycles. The van der Waals surface area contributed by atoms with Crippen molar-refractivity contribution >= 4 is 11.7 Å². The highest BCUT2D eigenvalue weighted by Gasteiger charge is 2.46. The standard InChI is InChI=1S/C17H23NO5/c1-17(2,3)15(20)12-13(11-7-5-10-23-11)18(8-6-9-22-4)16(21)14(12)19/h5,7,10,13,19H,6,8-9H2,1-4H3. The maximum absolute atomic E-state index is 12.7. The molecule has 2 heterocycles. The first kappa shape index (κ1) is 17.3. The largest absolute Gasteiger partial charge is 0.503 e. The van der Waals surface area contributed by atoms with Crippen LogP contribution in [0.3, 0.4) is 0 Å². The summed E-state index contributed by atoms with van der Waals surface area (Å²) in [7, 11) is 1.58. The first-order valence-electron chi connectivity index (χ1n) is 7.60. The fraction of sp³-hybridized carbons (Fsp3) is 0.529. The van der Waals surface area contributed by atoms with Crippen LogP contribution >= 0.6 is 0 Å². The van der Waals surface area contributed by atoms with Crippen molar-refractivity contribution in [2.24, 2.45) is 5.41 Å². The molecule has 1 aliphatic heterocycles. The number of Topliss-reactive ketones (excluding diaryl/α,β-unsaturated/α-hetero) is 1. The quantitative estimate of drug-likeness (QED) is 0.815. The van der Waals surface area contributed by atoms with Crippen molar-refractivity contribution in [1.82, 2.24) is 4.90 Å². The van der Waals surface area contributed by atoms with E-state index in [4.69, 9.17) is 9.15 Å². The zero-order valence-corrected chi connectivity index (χ0v) is 14.0. The molecule has 0 fully saturated rings. The van der Waals surface area contributed by atoms with Gasteiger partial charge in [0.25, 0.3) is 5.91 Å². The Hall–Kier alpha value is -2.08. The van der Waals surface area contributed by atoms with Gasteiger partial charge in [0.1, 0.15) is 11.8 Å². The average Bonchev–Trinajstić information content (AvgIpc) is 3.07. The molecule has 0 spiro atoms. The molecule has 1 aliphatic rings. The van der Waals surface area contributed by atoms with E-state index in [2.05, 4.69) is 0 Å². The van der Waals surface area contributed by atoms with Gasteiger partial charge in [-0.05, 0) is 18.6 Å². The number of rotatable bonds is 6. The molecule has 0 aliphatic carbocycles. The first-order chi connectivity index (χ1) is 10.8. The Balaban J connectivity index is 2.41. The molecule has 1 aromatic rings. The summed E-state index contributed by atoms with van der Waals surface area (Å²) in [5.41, 5.74) is -0.605. The van der Waals surface area contributed by atoms with Crippen LogP contribution in [-0.2, 0) is 14.3 Å². The van der Waals surface area contributed by atoms with Gasteiger partial charge in [-0.25, -0.2) is 0 Å². The fourth-order valence-electron chi connectivity index (χ4n) is 2.64. The maximum atomic E-state index is 12.7. The average molecular weight is 321 g/mol. The minimum atomic E-state index is -0.711. The van der Waals surface area contributed by atoms with Crippen LogP contribution in [0.5, 0.6) is 0 Å². The van der Waals surface area contributed by atoms with Gasteiger partial charge < -0.3 is 19.2 Å². The number of furan rings is 1. The number of nitrogens with zero attached hydrogens (tertiary/aromatic N) is 1. The molecule has 23 heavy (non-hydrogen) atoms. The molecular weight excluding hydrogens is 298 g/mol. The monoisotopic (exact) mass is 321 g/mol. The number of carbonyl (C=O) groups excluding carboxylic acids is 2. The Bertz CT molecular complexity index is 609. The van der Waals surface area contributed by atoms with E-state index in [0.29, 0.717) is 25.3 Å². The number of ketones is 1. The molecule has 1 N–H and O–H groups in total. The predicted octanol–water partition coefficient (Wildman–Crippen LogP) is 2.63. The van der Waals surface area contributed by atoms with Crippen molar-refractivity contribution < 1.29 is 23.8 Å². The molecule has 2 rings (SSSR count). The summed E-state index contributed by atoms with van der Waals surface area (Å²) < 4.78 is 10.4. The van der Waals surface area contributed by atoms with E-state index in [1.165, 1.54) is 11.2 Å². The summed E-state index contributed by atoms with van der Waals surface area (Å²) >= 11 is 0. The zero-order valence-electron chi connectivity index (χ0n) is 14.0. The smallest absolute Gasteiger partial charge is 0.290 e. The van der Waals surface area contributed by atoms with Crippen molar-refractivity contribution in [1.29, 1.82) is 0 Å². The van der Waals surface area contributed by atoms with Crippen LogP contribution < -0.4 is 0 Å². The van der Waals surface area contributed by atoms with Gasteiger partial charge in [0.05, 0.1) is 11.8 Å². The van der Waals surface area contributed by atoms with Gasteiger partial charge in [-0.3, -0.25) is 9.59 Å². The molecule has 1 unspecified atom stereocenters. The number of ether oxygens (including phenoxy) is 1. The molecule has 0 radical (unpaired) electrons. The van der Waals surface area contributed by atoms with Crippen LogP contribution in [-0.4, -0.2) is 42.0 Å². The van der Waals surface area contributed by atoms with Crippen molar-refractivity contribution in [3.63, 3.8) is 0 Å². The molecule has 6 nitrogen and oxygen atoms in total. The van der Waals surface area contributed by atoms with Gasteiger partial charge in [0.2, 0.25) is 0 Å². The molecule has 0 aromatic carbocycles. The van der Waals surface area contributed by atoms with Crippen molar-refractivity contribution in [2.45, 2.75) is 33.2 Å². The second kappa shape index (κ2) is 6.58. The van der Waals surface area contributed by atoms with E-state index in [1.807, 2.05) is 0 Å². The van der Waals surface area contributed by atoms with E-state index in [-0.39, 0.29) is 11.4 Å². The Morgan fingerprint density at radius 2 is 2.13 bits per heavy atom. The summed E-state index contributed by atoms with van der Waals surface area (Å²) in [6, 6.07) is 2.71. The van der Waals surface area contributed by atoms with Gasteiger partial charge in [0, 0.05) is 25.7 Å². The summed E-state index contributed by atoms with van der Waals surface area (Å²) in [4.78, 5) is 26.6. The lowest BCUT2D eigenvalue weighted by Crippen LogP contribution is -2.33. The minimum Gasteiger partial charge on any atom is -0.503 e. The van der Waals surface area contributed by atoms with Crippen molar-refractivity contribution in [3.8, 4) is 0 Å². The van der Waals surface area contributed by atoms with E-state index in [1.54, 1.807) is 40.0 Å². The Labute approximate surface area is 135 Å². The lowest BCUT2D eigenvalue weighted by molar-refractivity contribution is -0.129. The maximum Gasteiger partial charge on any atom is 0.290 e. The number of carbonyl (C=O) groups is 2. The van der Waals surface area contributed by atoms with Gasteiger partial charge in [0.15, 0.2) is 11.5 Å². The summed E-state index contributed by atoms with van der Waals surface area (Å²) in [5.74, 6) is -0.828. The second-order valence-corrected chi connectivity index (χ2v) is 6.60. The van der Waals surface area contributed by atoms with Crippen LogP contribution in [0.1, 0.15) is 39.0 Å². The Kier molecular flexibility index (Phi) is 4.94. The normalized spacial score (nSPS) is 18.9. The van der Waals surface area contributed by atoms with E-state index >= 15 is 0 Å². The van der Waals surface area contributed by atoms with Crippen LogP contribution in [0.25, 0.3) is 0 Å². The number of methoxy groups -OCH3 is 1.